The van der Waals surface area contributed by atoms with Gasteiger partial charge in [-0.2, -0.15) is 0 Å². The number of benzene rings is 1. The molecular formula is C16H21FN4. The van der Waals surface area contributed by atoms with Gasteiger partial charge >= 0.3 is 0 Å². The molecule has 1 heterocycles. The van der Waals surface area contributed by atoms with Gasteiger partial charge in [-0.15, -0.1) is 0 Å². The van der Waals surface area contributed by atoms with E-state index in [-0.39, 0.29) is 11.2 Å². The number of nitrogens with one attached hydrogen (secondary N) is 1. The summed E-state index contributed by atoms with van der Waals surface area (Å²) < 4.78 is 13.9. The third-order valence-electron chi connectivity index (χ3n) is 3.20. The Morgan fingerprint density at radius 2 is 1.81 bits per heavy atom. The average Bonchev–Trinajstić information content (AvgIpc) is 2.45. The first-order valence-electron chi connectivity index (χ1n) is 6.88. The molecule has 0 saturated carbocycles. The number of anilines is 3. The second-order valence-corrected chi connectivity index (χ2v) is 5.95. The highest BCUT2D eigenvalue weighted by Gasteiger charge is 2.21. The van der Waals surface area contributed by atoms with Crippen LogP contribution in [-0.2, 0) is 5.41 Å². The van der Waals surface area contributed by atoms with Crippen LogP contribution in [0.5, 0.6) is 0 Å². The van der Waals surface area contributed by atoms with Crippen LogP contribution >= 0.6 is 0 Å². The molecule has 1 aromatic carbocycles. The Balaban J connectivity index is 2.51. The minimum Gasteiger partial charge on any atom is -0.373 e. The highest BCUT2D eigenvalue weighted by molar-refractivity contribution is 5.62. The molecule has 21 heavy (non-hydrogen) atoms. The third kappa shape index (κ3) is 3.29. The van der Waals surface area contributed by atoms with Crippen molar-refractivity contribution in [2.24, 2.45) is 0 Å². The van der Waals surface area contributed by atoms with E-state index in [0.717, 1.165) is 0 Å². The Labute approximate surface area is 125 Å². The topological polar surface area (TPSA) is 41.0 Å². The van der Waals surface area contributed by atoms with Crippen LogP contribution < -0.4 is 10.2 Å². The van der Waals surface area contributed by atoms with E-state index in [4.69, 9.17) is 0 Å². The highest BCUT2D eigenvalue weighted by Crippen LogP contribution is 2.28. The molecule has 0 bridgehead atoms. The minimum absolute atomic E-state index is 0.183. The molecule has 2 rings (SSSR count). The summed E-state index contributed by atoms with van der Waals surface area (Å²) in [6, 6.07) is 8.46. The summed E-state index contributed by atoms with van der Waals surface area (Å²) in [5, 5.41) is 3.03. The summed E-state index contributed by atoms with van der Waals surface area (Å²) in [4.78, 5) is 10.8. The van der Waals surface area contributed by atoms with Crippen molar-refractivity contribution in [2.75, 3.05) is 24.3 Å². The maximum absolute atomic E-state index is 13.9. The molecule has 0 fully saturated rings. The predicted octanol–water partition coefficient (Wildman–Crippen LogP) is 3.72. The Morgan fingerprint density at radius 3 is 2.38 bits per heavy atom. The molecule has 1 aromatic heterocycles. The van der Waals surface area contributed by atoms with Gasteiger partial charge in [-0.3, -0.25) is 0 Å². The van der Waals surface area contributed by atoms with Gasteiger partial charge in [0, 0.05) is 25.6 Å². The van der Waals surface area contributed by atoms with Crippen LogP contribution in [0.15, 0.2) is 30.3 Å². The molecule has 5 heteroatoms. The smallest absolute Gasteiger partial charge is 0.146 e. The molecule has 0 spiro atoms. The average molecular weight is 288 g/mol. The van der Waals surface area contributed by atoms with Crippen LogP contribution in [0, 0.1) is 5.82 Å². The first kappa shape index (κ1) is 15.2. The van der Waals surface area contributed by atoms with E-state index < -0.39 is 0 Å². The van der Waals surface area contributed by atoms with E-state index >= 15 is 0 Å². The van der Waals surface area contributed by atoms with Crippen molar-refractivity contribution in [2.45, 2.75) is 26.2 Å². The number of hydrogen-bond acceptors (Lipinski definition) is 4. The van der Waals surface area contributed by atoms with Gasteiger partial charge in [0.05, 0.1) is 5.69 Å². The Morgan fingerprint density at radius 1 is 1.14 bits per heavy atom. The quantitative estimate of drug-likeness (QED) is 0.934. The summed E-state index contributed by atoms with van der Waals surface area (Å²) in [5.74, 6) is 1.81. The SMILES string of the molecule is CNc1cc(N(C)c2ccccc2F)nc(C(C)(C)C)n1. The number of hydrogen-bond donors (Lipinski definition) is 1. The summed E-state index contributed by atoms with van der Waals surface area (Å²) in [6.07, 6.45) is 0. The molecule has 0 aliphatic heterocycles. The lowest BCUT2D eigenvalue weighted by Crippen LogP contribution is -2.20. The molecule has 0 aliphatic rings. The fourth-order valence-electron chi connectivity index (χ4n) is 1.92. The largest absolute Gasteiger partial charge is 0.373 e. The fourth-order valence-corrected chi connectivity index (χ4v) is 1.92. The van der Waals surface area contributed by atoms with Crippen molar-refractivity contribution in [3.05, 3.63) is 42.0 Å². The second-order valence-electron chi connectivity index (χ2n) is 5.95. The lowest BCUT2D eigenvalue weighted by molar-refractivity contribution is 0.546. The minimum atomic E-state index is -0.276. The number of para-hydroxylation sites is 1. The van der Waals surface area contributed by atoms with Crippen molar-refractivity contribution in [1.29, 1.82) is 0 Å². The molecule has 4 nitrogen and oxygen atoms in total. The van der Waals surface area contributed by atoms with E-state index in [1.807, 2.05) is 13.1 Å². The summed E-state index contributed by atoms with van der Waals surface area (Å²) in [6.45, 7) is 6.15. The first-order valence-corrected chi connectivity index (χ1v) is 6.88. The summed E-state index contributed by atoms with van der Waals surface area (Å²) >= 11 is 0. The molecule has 2 aromatic rings. The maximum Gasteiger partial charge on any atom is 0.146 e. The Hall–Kier alpha value is -2.17. The van der Waals surface area contributed by atoms with Crippen molar-refractivity contribution in [3.8, 4) is 0 Å². The standard InChI is InChI=1S/C16H21FN4/c1-16(2,3)15-19-13(18-4)10-14(20-15)21(5)12-9-7-6-8-11(12)17/h6-10H,1-5H3,(H,18,19,20). The molecule has 0 unspecified atom stereocenters. The van der Waals surface area contributed by atoms with Gasteiger partial charge < -0.3 is 10.2 Å². The Bertz CT molecular complexity index is 634. The monoisotopic (exact) mass is 288 g/mol. The van der Waals surface area contributed by atoms with Gasteiger partial charge in [0.2, 0.25) is 0 Å². The van der Waals surface area contributed by atoms with Crippen LogP contribution in [0.2, 0.25) is 0 Å². The van der Waals surface area contributed by atoms with Crippen molar-refractivity contribution in [3.63, 3.8) is 0 Å². The van der Waals surface area contributed by atoms with Crippen molar-refractivity contribution < 1.29 is 4.39 Å². The zero-order valence-corrected chi connectivity index (χ0v) is 13.1. The van der Waals surface area contributed by atoms with Gasteiger partial charge in [0.25, 0.3) is 0 Å². The molecule has 0 atom stereocenters. The number of nitrogens with zero attached hydrogens (tertiary/aromatic N) is 3. The van der Waals surface area contributed by atoms with E-state index in [0.29, 0.717) is 23.1 Å². The van der Waals surface area contributed by atoms with Gasteiger partial charge in [-0.25, -0.2) is 14.4 Å². The van der Waals surface area contributed by atoms with Gasteiger partial charge in [0.15, 0.2) is 0 Å². The van der Waals surface area contributed by atoms with Gasteiger partial charge in [0.1, 0.15) is 23.3 Å². The Kier molecular flexibility index (Phi) is 4.11. The zero-order chi connectivity index (χ0) is 15.6. The number of aromatic nitrogens is 2. The molecule has 0 saturated heterocycles. The van der Waals surface area contributed by atoms with Crippen LogP contribution in [0.1, 0.15) is 26.6 Å². The molecule has 0 radical (unpaired) electrons. The van der Waals surface area contributed by atoms with Gasteiger partial charge in [-0.1, -0.05) is 32.9 Å². The second kappa shape index (κ2) is 5.68. The van der Waals surface area contributed by atoms with E-state index in [1.54, 1.807) is 30.1 Å². The van der Waals surface area contributed by atoms with Crippen LogP contribution in [-0.4, -0.2) is 24.1 Å². The molecule has 1 N–H and O–H groups in total. The van der Waals surface area contributed by atoms with E-state index in [9.17, 15) is 4.39 Å². The lowest BCUT2D eigenvalue weighted by Gasteiger charge is -2.23. The number of rotatable bonds is 3. The predicted molar refractivity (Wildman–Crippen MR) is 84.7 cm³/mol. The summed E-state index contributed by atoms with van der Waals surface area (Å²) in [5.41, 5.74) is 0.302. The number of halogens is 1. The van der Waals surface area contributed by atoms with Gasteiger partial charge in [-0.05, 0) is 12.1 Å². The molecule has 0 amide bonds. The van der Waals surface area contributed by atoms with Crippen molar-refractivity contribution in [1.82, 2.24) is 9.97 Å². The molecule has 112 valence electrons. The molecule has 0 aliphatic carbocycles. The maximum atomic E-state index is 13.9. The lowest BCUT2D eigenvalue weighted by atomic mass is 9.96. The summed E-state index contributed by atoms with van der Waals surface area (Å²) in [7, 11) is 3.61. The van der Waals surface area contributed by atoms with Crippen LogP contribution in [0.25, 0.3) is 0 Å². The van der Waals surface area contributed by atoms with E-state index in [1.165, 1.54) is 6.07 Å². The fraction of sp³-hybridized carbons (Fsp3) is 0.375. The first-order chi connectivity index (χ1) is 9.82. The van der Waals surface area contributed by atoms with E-state index in [2.05, 4.69) is 36.1 Å². The van der Waals surface area contributed by atoms with Crippen LogP contribution in [0.4, 0.5) is 21.7 Å². The zero-order valence-electron chi connectivity index (χ0n) is 13.1. The third-order valence-corrected chi connectivity index (χ3v) is 3.20. The normalized spacial score (nSPS) is 11.3. The van der Waals surface area contributed by atoms with Crippen molar-refractivity contribution >= 4 is 17.3 Å². The highest BCUT2D eigenvalue weighted by atomic mass is 19.1. The molecular weight excluding hydrogens is 267 g/mol. The van der Waals surface area contributed by atoms with Crippen LogP contribution in [0.3, 0.4) is 0 Å².